The molecule has 0 spiro atoms. The summed E-state index contributed by atoms with van der Waals surface area (Å²) in [7, 11) is 2.16. The molecule has 0 aliphatic rings. The number of aromatic nitrogens is 2. The third kappa shape index (κ3) is 1.83. The van der Waals surface area contributed by atoms with Gasteiger partial charge in [-0.1, -0.05) is 48.5 Å². The first kappa shape index (κ1) is 16.0. The Morgan fingerprint density at radius 2 is 1.50 bits per heavy atom. The Balaban J connectivity index is 1.88. The van der Waals surface area contributed by atoms with E-state index in [-0.39, 0.29) is 0 Å². The van der Waals surface area contributed by atoms with E-state index in [1.165, 1.54) is 54.7 Å². The van der Waals surface area contributed by atoms with Crippen LogP contribution in [-0.2, 0) is 7.05 Å². The highest BCUT2D eigenvalue weighted by Crippen LogP contribution is 2.38. The Labute approximate surface area is 172 Å². The van der Waals surface area contributed by atoms with Crippen LogP contribution in [0.15, 0.2) is 83.3 Å². The predicted molar refractivity (Wildman–Crippen MR) is 123 cm³/mol. The normalized spacial score (nSPS) is 12.3. The summed E-state index contributed by atoms with van der Waals surface area (Å²) in [4.78, 5) is 0. The molecule has 3 heteroatoms. The summed E-state index contributed by atoms with van der Waals surface area (Å²) in [5.41, 5.74) is 7.97. The van der Waals surface area contributed by atoms with Crippen molar-refractivity contribution < 1.29 is 8.98 Å². The van der Waals surface area contributed by atoms with E-state index in [9.17, 15) is 0 Å². The lowest BCUT2D eigenvalue weighted by Gasteiger charge is -2.07. The second-order valence-corrected chi connectivity index (χ2v) is 8.17. The molecule has 0 aliphatic carbocycles. The highest BCUT2D eigenvalue weighted by Gasteiger charge is 2.24. The van der Waals surface area contributed by atoms with E-state index in [0.717, 1.165) is 11.2 Å². The van der Waals surface area contributed by atoms with Gasteiger partial charge in [-0.25, -0.2) is 4.57 Å². The second kappa shape index (κ2) is 5.39. The van der Waals surface area contributed by atoms with Crippen LogP contribution in [-0.4, -0.2) is 4.40 Å². The molecule has 30 heavy (non-hydrogen) atoms. The van der Waals surface area contributed by atoms with Gasteiger partial charge in [-0.2, -0.15) is 4.40 Å². The highest BCUT2D eigenvalue weighted by molar-refractivity contribution is 6.19. The van der Waals surface area contributed by atoms with E-state index < -0.39 is 0 Å². The Morgan fingerprint density at radius 3 is 2.43 bits per heavy atom. The summed E-state index contributed by atoms with van der Waals surface area (Å²) in [5.74, 6) is 0. The maximum absolute atomic E-state index is 6.24. The molecule has 0 amide bonds. The first-order valence-electron chi connectivity index (χ1n) is 10.3. The molecule has 0 radical (unpaired) electrons. The minimum atomic E-state index is 0.928. The molecule has 0 aliphatic heterocycles. The van der Waals surface area contributed by atoms with Crippen molar-refractivity contribution in [2.45, 2.75) is 6.92 Å². The molecular weight excluding hydrogens is 368 g/mol. The smallest absolute Gasteiger partial charge is 0.295 e. The summed E-state index contributed by atoms with van der Waals surface area (Å²) in [6.07, 6.45) is 0. The standard InChI is InChI=1S/C27H19N2O/c1-16-8-7-10-18-19-14-20-17-9-3-6-13-24(17)30-25(20)15-23(19)29-22-12-5-4-11-21(22)28(2)27(29)26(16)18/h3-15H,1-2H3/q+1. The van der Waals surface area contributed by atoms with Crippen LogP contribution in [0.4, 0.5) is 0 Å². The molecule has 3 nitrogen and oxygen atoms in total. The molecule has 0 bridgehead atoms. The maximum Gasteiger partial charge on any atom is 0.295 e. The summed E-state index contributed by atoms with van der Waals surface area (Å²) in [6, 6.07) is 28.0. The van der Waals surface area contributed by atoms with Crippen LogP contribution in [0.3, 0.4) is 0 Å². The van der Waals surface area contributed by atoms with Crippen molar-refractivity contribution in [1.82, 2.24) is 4.40 Å². The van der Waals surface area contributed by atoms with Crippen LogP contribution >= 0.6 is 0 Å². The van der Waals surface area contributed by atoms with Crippen LogP contribution in [0.1, 0.15) is 5.56 Å². The van der Waals surface area contributed by atoms with Gasteiger partial charge in [-0.05, 0) is 36.8 Å². The number of para-hydroxylation sites is 3. The molecule has 4 aromatic carbocycles. The SMILES string of the molecule is Cc1cccc2c3cc4c(cc3n3c5ccccc5[n+](C)c3c12)oc1ccccc14. The molecule has 0 unspecified atom stereocenters. The molecule has 3 heterocycles. The molecule has 0 atom stereocenters. The predicted octanol–water partition coefficient (Wildman–Crippen LogP) is 6.43. The van der Waals surface area contributed by atoms with Crippen molar-refractivity contribution in [1.29, 1.82) is 0 Å². The third-order valence-corrected chi connectivity index (χ3v) is 6.54. The van der Waals surface area contributed by atoms with E-state index >= 15 is 0 Å². The highest BCUT2D eigenvalue weighted by atomic mass is 16.3. The lowest BCUT2D eigenvalue weighted by atomic mass is 10.0. The summed E-state index contributed by atoms with van der Waals surface area (Å²) < 4.78 is 11.0. The fraction of sp³-hybridized carbons (Fsp3) is 0.0741. The molecule has 0 saturated heterocycles. The molecule has 3 aromatic heterocycles. The number of fused-ring (bicyclic) bond motifs is 11. The van der Waals surface area contributed by atoms with Gasteiger partial charge < -0.3 is 4.42 Å². The van der Waals surface area contributed by atoms with Gasteiger partial charge in [0.15, 0.2) is 11.0 Å². The fourth-order valence-corrected chi connectivity index (χ4v) is 5.19. The van der Waals surface area contributed by atoms with E-state index in [0.29, 0.717) is 0 Å². The molecule has 7 rings (SSSR count). The molecule has 0 saturated carbocycles. The van der Waals surface area contributed by atoms with Gasteiger partial charge in [0.1, 0.15) is 16.7 Å². The van der Waals surface area contributed by atoms with Gasteiger partial charge in [0.05, 0.1) is 12.4 Å². The number of imidazole rings is 1. The monoisotopic (exact) mass is 387 g/mol. The topological polar surface area (TPSA) is 21.4 Å². The lowest BCUT2D eigenvalue weighted by Crippen LogP contribution is -2.27. The quantitative estimate of drug-likeness (QED) is 0.217. The van der Waals surface area contributed by atoms with E-state index in [1.54, 1.807) is 0 Å². The maximum atomic E-state index is 6.24. The van der Waals surface area contributed by atoms with E-state index in [1.807, 2.05) is 12.1 Å². The first-order valence-corrected chi connectivity index (χ1v) is 10.3. The van der Waals surface area contributed by atoms with Crippen molar-refractivity contribution in [2.75, 3.05) is 0 Å². The number of aryl methyl sites for hydroxylation is 2. The summed E-state index contributed by atoms with van der Waals surface area (Å²) >= 11 is 0. The van der Waals surface area contributed by atoms with Gasteiger partial charge in [-0.3, -0.25) is 0 Å². The van der Waals surface area contributed by atoms with Crippen LogP contribution < -0.4 is 4.57 Å². The number of furan rings is 1. The van der Waals surface area contributed by atoms with Crippen LogP contribution in [0.5, 0.6) is 0 Å². The molecule has 7 aromatic rings. The number of hydrogen-bond acceptors (Lipinski definition) is 1. The zero-order valence-corrected chi connectivity index (χ0v) is 16.8. The number of hydrogen-bond donors (Lipinski definition) is 0. The van der Waals surface area contributed by atoms with Gasteiger partial charge in [0, 0.05) is 27.6 Å². The van der Waals surface area contributed by atoms with Crippen LogP contribution in [0, 0.1) is 6.92 Å². The zero-order valence-electron chi connectivity index (χ0n) is 16.8. The van der Waals surface area contributed by atoms with Crippen molar-refractivity contribution in [2.24, 2.45) is 7.05 Å². The number of nitrogens with zero attached hydrogens (tertiary/aromatic N) is 2. The Kier molecular flexibility index (Phi) is 2.88. The van der Waals surface area contributed by atoms with Crippen molar-refractivity contribution >= 4 is 60.3 Å². The largest absolute Gasteiger partial charge is 0.456 e. The first-order chi connectivity index (χ1) is 14.7. The minimum Gasteiger partial charge on any atom is -0.456 e. The number of rotatable bonds is 0. The third-order valence-electron chi connectivity index (χ3n) is 6.54. The van der Waals surface area contributed by atoms with Crippen LogP contribution in [0.2, 0.25) is 0 Å². The van der Waals surface area contributed by atoms with Gasteiger partial charge in [0.2, 0.25) is 0 Å². The average Bonchev–Trinajstić information content (AvgIpc) is 3.28. The molecular formula is C27H19N2O+. The number of pyridine rings is 1. The van der Waals surface area contributed by atoms with Crippen molar-refractivity contribution in [3.63, 3.8) is 0 Å². The molecule has 142 valence electrons. The van der Waals surface area contributed by atoms with Crippen LogP contribution in [0.25, 0.3) is 60.3 Å². The van der Waals surface area contributed by atoms with Gasteiger partial charge in [0.25, 0.3) is 5.65 Å². The molecule has 0 fully saturated rings. The molecule has 0 N–H and O–H groups in total. The summed E-state index contributed by atoms with van der Waals surface area (Å²) in [6.45, 7) is 2.21. The Hall–Kier alpha value is -3.85. The number of benzene rings is 4. The van der Waals surface area contributed by atoms with Crippen molar-refractivity contribution in [3.05, 3.63) is 84.4 Å². The van der Waals surface area contributed by atoms with Gasteiger partial charge >= 0.3 is 0 Å². The second-order valence-electron chi connectivity index (χ2n) is 8.17. The minimum absolute atomic E-state index is 0.928. The Bertz CT molecular complexity index is 1820. The van der Waals surface area contributed by atoms with Gasteiger partial charge in [-0.15, -0.1) is 0 Å². The van der Waals surface area contributed by atoms with E-state index in [2.05, 4.69) is 89.7 Å². The fourth-order valence-electron chi connectivity index (χ4n) is 5.19. The Morgan fingerprint density at radius 1 is 0.700 bits per heavy atom. The zero-order chi connectivity index (χ0) is 20.0. The summed E-state index contributed by atoms with van der Waals surface area (Å²) in [5, 5.41) is 6.17. The average molecular weight is 387 g/mol. The van der Waals surface area contributed by atoms with E-state index in [4.69, 9.17) is 4.42 Å². The van der Waals surface area contributed by atoms with Crippen molar-refractivity contribution in [3.8, 4) is 0 Å². The lowest BCUT2D eigenvalue weighted by molar-refractivity contribution is -0.617.